The minimum atomic E-state index is -4.11. The van der Waals surface area contributed by atoms with Gasteiger partial charge in [-0.2, -0.15) is 4.31 Å². The van der Waals surface area contributed by atoms with Crippen LogP contribution in [0.2, 0.25) is 5.02 Å². The SMILES string of the molecule is COC(=O)N(C(=O)[C@@H](N)[C@@H](c1ccc(F)cc1)c1cc(F)cc(F)c1)c1cccc(F)c1CC[C@H]1CNC[C@H](C)N1S(=O)(=O)c1ccccc1Cl. The third-order valence-electron chi connectivity index (χ3n) is 8.76. The summed E-state index contributed by atoms with van der Waals surface area (Å²) in [6.07, 6.45) is -1.34. The van der Waals surface area contributed by atoms with E-state index in [1.54, 1.807) is 19.1 Å². The van der Waals surface area contributed by atoms with E-state index in [9.17, 15) is 31.2 Å². The number of rotatable bonds is 10. The average molecular weight is 747 g/mol. The summed E-state index contributed by atoms with van der Waals surface area (Å²) in [5.74, 6) is -5.78. The number of hydrogen-bond donors (Lipinski definition) is 2. The fourth-order valence-electron chi connectivity index (χ4n) is 6.47. The van der Waals surface area contributed by atoms with Crippen molar-refractivity contribution >= 4 is 39.3 Å². The quantitative estimate of drug-likeness (QED) is 0.187. The van der Waals surface area contributed by atoms with E-state index in [-0.39, 0.29) is 51.7 Å². The van der Waals surface area contributed by atoms with Gasteiger partial charge in [0.25, 0.3) is 5.91 Å². The van der Waals surface area contributed by atoms with Crippen LogP contribution in [0.25, 0.3) is 0 Å². The molecule has 4 atom stereocenters. The Hall–Kier alpha value is -4.34. The van der Waals surface area contributed by atoms with Gasteiger partial charge in [-0.25, -0.2) is 35.7 Å². The number of methoxy groups -OCH3 is 1. The molecule has 4 aromatic rings. The van der Waals surface area contributed by atoms with Crippen molar-refractivity contribution in [2.75, 3.05) is 25.1 Å². The van der Waals surface area contributed by atoms with Crippen molar-refractivity contribution in [3.63, 3.8) is 0 Å². The van der Waals surface area contributed by atoms with Crippen molar-refractivity contribution < 1.29 is 40.3 Å². The highest BCUT2D eigenvalue weighted by atomic mass is 35.5. The van der Waals surface area contributed by atoms with Gasteiger partial charge in [-0.3, -0.25) is 4.79 Å². The molecule has 2 amide bonds. The molecule has 1 aliphatic rings. The molecule has 1 aliphatic heterocycles. The van der Waals surface area contributed by atoms with E-state index in [2.05, 4.69) is 5.32 Å². The minimum Gasteiger partial charge on any atom is -0.452 e. The summed E-state index contributed by atoms with van der Waals surface area (Å²) in [6.45, 7) is 2.28. The third kappa shape index (κ3) is 8.10. The Kier molecular flexibility index (Phi) is 11.8. The summed E-state index contributed by atoms with van der Waals surface area (Å²) in [5, 5.41) is 3.23. The Labute approximate surface area is 298 Å². The van der Waals surface area contributed by atoms with E-state index in [4.69, 9.17) is 22.1 Å². The molecule has 1 fully saturated rings. The number of carbonyl (C=O) groups is 2. The van der Waals surface area contributed by atoms with Crippen molar-refractivity contribution in [1.29, 1.82) is 0 Å². The number of anilines is 1. The normalized spacial score (nSPS) is 17.8. The number of nitrogens with two attached hydrogens (primary N) is 1. The Morgan fingerprint density at radius 3 is 2.25 bits per heavy atom. The lowest BCUT2D eigenvalue weighted by Crippen LogP contribution is -2.58. The number of nitrogens with zero attached hydrogens (tertiary/aromatic N) is 2. The van der Waals surface area contributed by atoms with Crippen LogP contribution in [-0.4, -0.2) is 63.0 Å². The average Bonchev–Trinajstić information content (AvgIpc) is 3.08. The predicted octanol–water partition coefficient (Wildman–Crippen LogP) is 6.14. The van der Waals surface area contributed by atoms with E-state index in [1.807, 2.05) is 0 Å². The van der Waals surface area contributed by atoms with Crippen LogP contribution in [0, 0.1) is 23.3 Å². The van der Waals surface area contributed by atoms with Gasteiger partial charge in [0.15, 0.2) is 0 Å². The zero-order valence-corrected chi connectivity index (χ0v) is 29.1. The maximum absolute atomic E-state index is 15.7. The highest BCUT2D eigenvalue weighted by Crippen LogP contribution is 2.34. The maximum Gasteiger partial charge on any atom is 0.420 e. The molecule has 0 saturated carbocycles. The number of hydrogen-bond acceptors (Lipinski definition) is 7. The molecule has 0 unspecified atom stereocenters. The molecule has 0 bridgehead atoms. The molecule has 0 radical (unpaired) electrons. The van der Waals surface area contributed by atoms with Gasteiger partial charge in [0.1, 0.15) is 28.2 Å². The van der Waals surface area contributed by atoms with E-state index in [0.717, 1.165) is 37.4 Å². The van der Waals surface area contributed by atoms with Gasteiger partial charge >= 0.3 is 6.09 Å². The molecular weight excluding hydrogens is 712 g/mol. The molecule has 0 aliphatic carbocycles. The van der Waals surface area contributed by atoms with Crippen molar-refractivity contribution in [2.24, 2.45) is 5.73 Å². The molecule has 0 spiro atoms. The molecule has 1 heterocycles. The second-order valence-corrected chi connectivity index (χ2v) is 14.3. The van der Waals surface area contributed by atoms with Crippen LogP contribution in [0.3, 0.4) is 0 Å². The zero-order valence-electron chi connectivity index (χ0n) is 27.5. The number of amides is 2. The van der Waals surface area contributed by atoms with Crippen molar-refractivity contribution in [2.45, 2.75) is 48.7 Å². The lowest BCUT2D eigenvalue weighted by atomic mass is 9.84. The highest BCUT2D eigenvalue weighted by Gasteiger charge is 2.40. The fraction of sp³-hybridized carbons (Fsp3) is 0.278. The highest BCUT2D eigenvalue weighted by molar-refractivity contribution is 7.89. The Bertz CT molecular complexity index is 2000. The molecule has 9 nitrogen and oxygen atoms in total. The van der Waals surface area contributed by atoms with Crippen LogP contribution >= 0.6 is 11.6 Å². The maximum atomic E-state index is 15.7. The Morgan fingerprint density at radius 2 is 1.61 bits per heavy atom. The number of ether oxygens (including phenoxy) is 1. The molecule has 4 aromatic carbocycles. The van der Waals surface area contributed by atoms with Crippen LogP contribution in [0.5, 0.6) is 0 Å². The first-order valence-corrected chi connectivity index (χ1v) is 17.7. The van der Waals surface area contributed by atoms with Gasteiger partial charge in [0.05, 0.1) is 23.9 Å². The predicted molar refractivity (Wildman–Crippen MR) is 184 cm³/mol. The fourth-order valence-corrected chi connectivity index (χ4v) is 8.81. The first-order valence-electron chi connectivity index (χ1n) is 15.9. The molecule has 15 heteroatoms. The van der Waals surface area contributed by atoms with Crippen molar-refractivity contribution in [1.82, 2.24) is 9.62 Å². The molecule has 0 aromatic heterocycles. The van der Waals surface area contributed by atoms with E-state index < -0.39 is 69.3 Å². The third-order valence-corrected chi connectivity index (χ3v) is 11.3. The largest absolute Gasteiger partial charge is 0.452 e. The summed E-state index contributed by atoms with van der Waals surface area (Å²) < 4.78 is 92.4. The van der Waals surface area contributed by atoms with Crippen LogP contribution in [0.1, 0.15) is 36.0 Å². The molecule has 51 heavy (non-hydrogen) atoms. The van der Waals surface area contributed by atoms with Crippen LogP contribution < -0.4 is 16.0 Å². The Morgan fingerprint density at radius 1 is 0.941 bits per heavy atom. The molecular formula is C36H35ClF4N4O5S. The second-order valence-electron chi connectivity index (χ2n) is 12.1. The summed E-state index contributed by atoms with van der Waals surface area (Å²) in [4.78, 5) is 28.0. The van der Waals surface area contributed by atoms with E-state index in [1.165, 1.54) is 40.7 Å². The monoisotopic (exact) mass is 746 g/mol. The number of sulfonamides is 1. The van der Waals surface area contributed by atoms with Crippen LogP contribution in [0.4, 0.5) is 28.0 Å². The molecule has 270 valence electrons. The van der Waals surface area contributed by atoms with Gasteiger partial charge in [-0.15, -0.1) is 0 Å². The first-order chi connectivity index (χ1) is 24.2. The van der Waals surface area contributed by atoms with E-state index >= 15 is 4.39 Å². The molecule has 1 saturated heterocycles. The smallest absolute Gasteiger partial charge is 0.420 e. The Balaban J connectivity index is 1.52. The van der Waals surface area contributed by atoms with Crippen molar-refractivity contribution in [3.8, 4) is 0 Å². The number of benzene rings is 4. The summed E-state index contributed by atoms with van der Waals surface area (Å²) in [7, 11) is -3.11. The zero-order chi connectivity index (χ0) is 37.0. The lowest BCUT2D eigenvalue weighted by molar-refractivity contribution is -0.119. The minimum absolute atomic E-state index is 0.0434. The summed E-state index contributed by atoms with van der Waals surface area (Å²) in [6, 6.07) is 14.1. The number of nitrogens with one attached hydrogen (secondary N) is 1. The van der Waals surface area contributed by atoms with Crippen LogP contribution in [-0.2, 0) is 26.0 Å². The van der Waals surface area contributed by atoms with Crippen molar-refractivity contribution in [3.05, 3.63) is 130 Å². The van der Waals surface area contributed by atoms with E-state index in [0.29, 0.717) is 17.5 Å². The van der Waals surface area contributed by atoms with Gasteiger partial charge in [-0.1, -0.05) is 41.9 Å². The van der Waals surface area contributed by atoms with Crippen LogP contribution in [0.15, 0.2) is 89.8 Å². The summed E-state index contributed by atoms with van der Waals surface area (Å²) >= 11 is 6.28. The molecule has 5 rings (SSSR count). The number of carbonyl (C=O) groups excluding carboxylic acids is 2. The van der Waals surface area contributed by atoms with Gasteiger partial charge < -0.3 is 15.8 Å². The van der Waals surface area contributed by atoms with Gasteiger partial charge in [0.2, 0.25) is 10.0 Å². The van der Waals surface area contributed by atoms with Gasteiger partial charge in [-0.05, 0) is 79.4 Å². The number of halogens is 5. The van der Waals surface area contributed by atoms with Gasteiger partial charge in [0, 0.05) is 42.7 Å². The topological polar surface area (TPSA) is 122 Å². The first kappa shape index (κ1) is 37.9. The standard InChI is InChI=1S/C36H35ClF4N4O5S/c1-21-19-43-20-27(45(21)51(48,49)32-9-4-3-6-29(32)37)14-15-28-30(41)7-5-8-31(28)44(36(47)50-2)35(46)34(42)33(22-10-12-24(38)13-11-22)23-16-25(39)18-26(40)17-23/h3-13,16-18,21,27,33-34,43H,14-15,19-20,42H2,1-2H3/t21-,27-,33-,34-/m0/s1. The lowest BCUT2D eigenvalue weighted by Gasteiger charge is -2.40. The number of piperazine rings is 1. The summed E-state index contributed by atoms with van der Waals surface area (Å²) in [5.41, 5.74) is 6.27. The second kappa shape index (κ2) is 15.9. The molecule has 3 N–H and O–H groups in total. The number of imide groups is 1.